The third-order valence-electron chi connectivity index (χ3n) is 9.86. The molecule has 0 aliphatic rings. The first-order chi connectivity index (χ1) is 24.3. The summed E-state index contributed by atoms with van der Waals surface area (Å²) >= 11 is 0. The number of benzene rings is 5. The van der Waals surface area contributed by atoms with Crippen LogP contribution in [0.15, 0.2) is 157 Å². The lowest BCUT2D eigenvalue weighted by Gasteiger charge is -2.17. The number of hydrogen-bond acceptors (Lipinski definition) is 4. The minimum atomic E-state index is 0.779. The van der Waals surface area contributed by atoms with Gasteiger partial charge in [-0.15, -0.1) is 0 Å². The lowest BCUT2D eigenvalue weighted by Crippen LogP contribution is -2.00. The molecule has 0 aliphatic heterocycles. The second-order valence-electron chi connectivity index (χ2n) is 12.5. The van der Waals surface area contributed by atoms with Crippen LogP contribution in [0.3, 0.4) is 0 Å². The van der Waals surface area contributed by atoms with E-state index in [1.807, 2.05) is 49.1 Å². The van der Waals surface area contributed by atoms with Crippen LogP contribution in [0.25, 0.3) is 99.1 Å². The lowest BCUT2D eigenvalue weighted by molar-refractivity contribution is 0.670. The van der Waals surface area contributed by atoms with Gasteiger partial charge in [0.2, 0.25) is 0 Å². The normalized spacial score (nSPS) is 12.1. The van der Waals surface area contributed by atoms with E-state index in [9.17, 15) is 0 Å². The quantitative estimate of drug-likeness (QED) is 0.196. The molecule has 11 aromatic rings. The number of furan rings is 1. The fourth-order valence-electron chi connectivity index (χ4n) is 7.81. The smallest absolute Gasteiger partial charge is 0.162 e. The molecule has 0 spiro atoms. The van der Waals surface area contributed by atoms with Crippen molar-refractivity contribution in [3.63, 3.8) is 0 Å². The molecule has 0 saturated heterocycles. The van der Waals surface area contributed by atoms with Gasteiger partial charge in [0.25, 0.3) is 0 Å². The maximum absolute atomic E-state index is 6.70. The van der Waals surface area contributed by atoms with Crippen LogP contribution in [0.1, 0.15) is 0 Å². The molecule has 5 aromatic carbocycles. The molecule has 0 aliphatic carbocycles. The van der Waals surface area contributed by atoms with Gasteiger partial charge in [-0.2, -0.15) is 0 Å². The standard InChI is InChI=1S/C43H25N5O/c1-5-13-35-31(11-1)41(43-42(46-35)32-12-4-8-16-40(32)49-43)26-21-27(47-36-14-6-2-9-29(36)33-24-44-19-17-38(33)47)23-28(22-26)48-37-15-7-3-10-30(37)34-25-45-20-18-39(34)48/h1-25H. The largest absolute Gasteiger partial charge is 0.454 e. The Morgan fingerprint density at radius 2 is 1.00 bits per heavy atom. The lowest BCUT2D eigenvalue weighted by atomic mass is 9.98. The van der Waals surface area contributed by atoms with Crippen molar-refractivity contribution in [1.82, 2.24) is 24.1 Å². The molecule has 11 rings (SSSR count). The molecule has 0 amide bonds. The molecule has 0 atom stereocenters. The first-order valence-electron chi connectivity index (χ1n) is 16.3. The third-order valence-corrected chi connectivity index (χ3v) is 9.86. The van der Waals surface area contributed by atoms with Gasteiger partial charge >= 0.3 is 0 Å². The highest BCUT2D eigenvalue weighted by molar-refractivity contribution is 6.16. The molecule has 6 nitrogen and oxygen atoms in total. The van der Waals surface area contributed by atoms with E-state index in [1.165, 1.54) is 0 Å². The van der Waals surface area contributed by atoms with E-state index in [-0.39, 0.29) is 0 Å². The predicted octanol–water partition coefficient (Wildman–Crippen LogP) is 10.8. The zero-order valence-electron chi connectivity index (χ0n) is 26.1. The fraction of sp³-hybridized carbons (Fsp3) is 0. The average Bonchev–Trinajstić information content (AvgIpc) is 3.81. The highest BCUT2D eigenvalue weighted by atomic mass is 16.3. The van der Waals surface area contributed by atoms with E-state index in [4.69, 9.17) is 9.40 Å². The van der Waals surface area contributed by atoms with Crippen molar-refractivity contribution in [2.24, 2.45) is 0 Å². The van der Waals surface area contributed by atoms with Crippen molar-refractivity contribution < 1.29 is 4.42 Å². The van der Waals surface area contributed by atoms with Crippen LogP contribution in [0.4, 0.5) is 0 Å². The van der Waals surface area contributed by atoms with E-state index in [0.717, 1.165) is 99.1 Å². The van der Waals surface area contributed by atoms with Gasteiger partial charge in [0.15, 0.2) is 5.58 Å². The van der Waals surface area contributed by atoms with E-state index in [0.29, 0.717) is 0 Å². The van der Waals surface area contributed by atoms with Gasteiger partial charge in [-0.25, -0.2) is 4.98 Å². The molecular formula is C43H25N5O. The summed E-state index contributed by atoms with van der Waals surface area (Å²) in [6.45, 7) is 0. The Hall–Kier alpha value is -6.79. The Balaban J connectivity index is 1.33. The first kappa shape index (κ1) is 26.3. The molecule has 0 saturated carbocycles. The zero-order chi connectivity index (χ0) is 32.1. The van der Waals surface area contributed by atoms with Crippen LogP contribution in [-0.2, 0) is 0 Å². The van der Waals surface area contributed by atoms with Crippen LogP contribution < -0.4 is 0 Å². The number of rotatable bonds is 3. The first-order valence-corrected chi connectivity index (χ1v) is 16.3. The Kier molecular flexibility index (Phi) is 5.29. The minimum absolute atomic E-state index is 0.779. The summed E-state index contributed by atoms with van der Waals surface area (Å²) in [5.41, 5.74) is 11.9. The Morgan fingerprint density at radius 3 is 1.65 bits per heavy atom. The van der Waals surface area contributed by atoms with Gasteiger partial charge in [-0.3, -0.25) is 9.97 Å². The van der Waals surface area contributed by atoms with Crippen molar-refractivity contribution in [3.05, 3.63) is 152 Å². The Morgan fingerprint density at radius 1 is 0.469 bits per heavy atom. The van der Waals surface area contributed by atoms with Crippen molar-refractivity contribution in [1.29, 1.82) is 0 Å². The number of pyridine rings is 3. The second kappa shape index (κ2) is 9.86. The predicted molar refractivity (Wildman–Crippen MR) is 199 cm³/mol. The fourth-order valence-corrected chi connectivity index (χ4v) is 7.81. The number of nitrogens with zero attached hydrogens (tertiary/aromatic N) is 5. The molecule has 6 aromatic heterocycles. The molecule has 49 heavy (non-hydrogen) atoms. The van der Waals surface area contributed by atoms with Crippen LogP contribution >= 0.6 is 0 Å². The van der Waals surface area contributed by atoms with Crippen molar-refractivity contribution in [3.8, 4) is 22.5 Å². The Labute approximate surface area is 279 Å². The second-order valence-corrected chi connectivity index (χ2v) is 12.5. The topological polar surface area (TPSA) is 61.7 Å². The minimum Gasteiger partial charge on any atom is -0.454 e. The summed E-state index contributed by atoms with van der Waals surface area (Å²) in [4.78, 5) is 14.2. The molecular weight excluding hydrogens is 603 g/mol. The van der Waals surface area contributed by atoms with Crippen molar-refractivity contribution >= 4 is 76.6 Å². The summed E-state index contributed by atoms with van der Waals surface area (Å²) in [6, 6.07) is 44.7. The van der Waals surface area contributed by atoms with Gasteiger partial charge in [-0.05, 0) is 66.2 Å². The molecule has 0 radical (unpaired) electrons. The Bertz CT molecular complexity index is 2890. The van der Waals surface area contributed by atoms with Crippen LogP contribution in [-0.4, -0.2) is 24.1 Å². The molecule has 0 bridgehead atoms. The maximum atomic E-state index is 6.70. The molecule has 0 N–H and O–H groups in total. The summed E-state index contributed by atoms with van der Waals surface area (Å²) < 4.78 is 11.4. The van der Waals surface area contributed by atoms with E-state index in [2.05, 4.69) is 122 Å². The molecule has 0 unspecified atom stereocenters. The summed E-state index contributed by atoms with van der Waals surface area (Å²) in [5.74, 6) is 0. The highest BCUT2D eigenvalue weighted by Crippen LogP contribution is 2.43. The van der Waals surface area contributed by atoms with Crippen LogP contribution in [0.2, 0.25) is 0 Å². The summed E-state index contributed by atoms with van der Waals surface area (Å²) in [5, 5.41) is 6.59. The van der Waals surface area contributed by atoms with Gasteiger partial charge in [0, 0.05) is 74.0 Å². The molecule has 0 fully saturated rings. The van der Waals surface area contributed by atoms with Crippen molar-refractivity contribution in [2.45, 2.75) is 0 Å². The number of hydrogen-bond donors (Lipinski definition) is 0. The average molecular weight is 628 g/mol. The number of fused-ring (bicyclic) bond motifs is 10. The van der Waals surface area contributed by atoms with Crippen LogP contribution in [0.5, 0.6) is 0 Å². The van der Waals surface area contributed by atoms with Crippen LogP contribution in [0, 0.1) is 0 Å². The van der Waals surface area contributed by atoms with Gasteiger partial charge in [0.1, 0.15) is 11.1 Å². The number of aromatic nitrogens is 5. The van der Waals surface area contributed by atoms with E-state index >= 15 is 0 Å². The molecule has 6 heterocycles. The SMILES string of the molecule is c1ccc2c(-c3cc(-n4c5ccccc5c5cnccc54)cc(-n4c5ccccc5c5cnccc54)c3)c3oc4ccccc4c3nc2c1. The number of para-hydroxylation sites is 4. The zero-order valence-corrected chi connectivity index (χ0v) is 26.1. The van der Waals surface area contributed by atoms with E-state index < -0.39 is 0 Å². The summed E-state index contributed by atoms with van der Waals surface area (Å²) in [7, 11) is 0. The van der Waals surface area contributed by atoms with Gasteiger partial charge in [-0.1, -0.05) is 66.7 Å². The highest BCUT2D eigenvalue weighted by Gasteiger charge is 2.22. The monoisotopic (exact) mass is 627 g/mol. The van der Waals surface area contributed by atoms with E-state index in [1.54, 1.807) is 0 Å². The molecule has 6 heteroatoms. The molecule has 228 valence electrons. The van der Waals surface area contributed by atoms with Gasteiger partial charge in [0.05, 0.1) is 27.6 Å². The summed E-state index contributed by atoms with van der Waals surface area (Å²) in [6.07, 6.45) is 7.67. The van der Waals surface area contributed by atoms with Crippen molar-refractivity contribution in [2.75, 3.05) is 0 Å². The van der Waals surface area contributed by atoms with Gasteiger partial charge < -0.3 is 13.6 Å². The third kappa shape index (κ3) is 3.68. The maximum Gasteiger partial charge on any atom is 0.162 e.